The molecule has 0 saturated carbocycles. The molecule has 18 rings (SSSR count). The van der Waals surface area contributed by atoms with Crippen molar-refractivity contribution in [2.75, 3.05) is 16.5 Å². The molecule has 0 radical (unpaired) electrons. The number of para-hydroxylation sites is 2. The number of hydrogen-bond donors (Lipinski definition) is 0. The fraction of sp³-hybridized carbons (Fsp3) is 0.132. The van der Waals surface area contributed by atoms with Crippen molar-refractivity contribution in [2.24, 2.45) is 0 Å². The number of benzene rings is 9. The highest BCUT2D eigenvalue weighted by Crippen LogP contribution is 2.64. The normalized spacial score (nSPS) is 18.9. The Hall–Kier alpha value is -8.67. The molecule has 0 N–H and O–H groups in total. The summed E-state index contributed by atoms with van der Waals surface area (Å²) in [4.78, 5) is 9.74. The summed E-state index contributed by atoms with van der Waals surface area (Å²) in [5, 5.41) is 1.76. The molecule has 0 spiro atoms. The molecule has 4 bridgehead atoms. The van der Waals surface area contributed by atoms with Crippen molar-refractivity contribution in [3.63, 3.8) is 0 Å². The van der Waals surface area contributed by atoms with Crippen molar-refractivity contribution in [3.8, 4) is 28.4 Å². The molecule has 11 aromatic rings. The highest BCUT2D eigenvalue weighted by atomic mass is 16.5. The SMILES string of the molecule is [2H]c1c([2H])c([2H])c(-c2ccc3c(c2)c2ccc(Oc4cccc(N5CN(c6ccc7c(c6)C6c8ccccc8C7C7c8ccccc8C6c6ccccc67)c6ccccc65)c4)cc2n3-c2cc(C(C)(C)C)ccn2)c([2H])c1[2H]. The zero-order valence-electron chi connectivity index (χ0n) is 45.7. The number of fused-ring (bicyclic) bond motifs is 4. The molecular formula is C68H52N4O. The third-order valence-electron chi connectivity index (χ3n) is 16.2. The minimum Gasteiger partial charge on any atom is -0.457 e. The molecule has 350 valence electrons. The van der Waals surface area contributed by atoms with Crippen LogP contribution in [0.1, 0.15) is 101 Å². The first-order valence-electron chi connectivity index (χ1n) is 27.9. The van der Waals surface area contributed by atoms with Crippen LogP contribution in [0, 0.1) is 0 Å². The predicted molar refractivity (Wildman–Crippen MR) is 298 cm³/mol. The number of aromatic nitrogens is 2. The summed E-state index contributed by atoms with van der Waals surface area (Å²) in [6, 6.07) is 66.3. The molecule has 5 heteroatoms. The van der Waals surface area contributed by atoms with Gasteiger partial charge >= 0.3 is 0 Å². The van der Waals surface area contributed by atoms with Crippen LogP contribution in [0.5, 0.6) is 11.5 Å². The van der Waals surface area contributed by atoms with Gasteiger partial charge in [0.2, 0.25) is 0 Å². The van der Waals surface area contributed by atoms with Gasteiger partial charge in [-0.15, -0.1) is 0 Å². The van der Waals surface area contributed by atoms with Crippen molar-refractivity contribution in [2.45, 2.75) is 49.9 Å². The third kappa shape index (κ3) is 6.44. The molecule has 2 unspecified atom stereocenters. The van der Waals surface area contributed by atoms with Gasteiger partial charge in [0.25, 0.3) is 0 Å². The van der Waals surface area contributed by atoms with Crippen LogP contribution in [0.4, 0.5) is 22.7 Å². The molecule has 6 aliphatic carbocycles. The van der Waals surface area contributed by atoms with Crippen LogP contribution in [-0.4, -0.2) is 16.2 Å². The molecule has 5 nitrogen and oxygen atoms in total. The smallest absolute Gasteiger partial charge is 0.137 e. The van der Waals surface area contributed by atoms with E-state index in [0.29, 0.717) is 23.7 Å². The first kappa shape index (κ1) is 37.2. The average Bonchev–Trinajstić information content (AvgIpc) is 4.00. The summed E-state index contributed by atoms with van der Waals surface area (Å²) in [7, 11) is 0. The molecule has 9 aromatic carbocycles. The molecule has 2 atom stereocenters. The lowest BCUT2D eigenvalue weighted by Crippen LogP contribution is -2.36. The number of rotatable bonds is 6. The lowest BCUT2D eigenvalue weighted by Gasteiger charge is -2.50. The molecule has 1 aliphatic heterocycles. The van der Waals surface area contributed by atoms with Gasteiger partial charge in [0, 0.05) is 64.1 Å². The number of pyridine rings is 1. The molecule has 3 heterocycles. The summed E-state index contributed by atoms with van der Waals surface area (Å²) in [5.74, 6) is 2.81. The maximum absolute atomic E-state index is 8.77. The Balaban J connectivity index is 0.795. The lowest BCUT2D eigenvalue weighted by atomic mass is 9.53. The number of hydrogen-bond acceptors (Lipinski definition) is 4. The molecule has 0 fully saturated rings. The fourth-order valence-electron chi connectivity index (χ4n) is 13.0. The van der Waals surface area contributed by atoms with E-state index in [4.69, 9.17) is 16.6 Å². The van der Waals surface area contributed by atoms with Gasteiger partial charge in [-0.2, -0.15) is 0 Å². The highest BCUT2D eigenvalue weighted by Gasteiger charge is 2.49. The van der Waals surface area contributed by atoms with E-state index in [1.165, 1.54) is 50.2 Å². The fourth-order valence-corrected chi connectivity index (χ4v) is 13.0. The molecule has 7 aliphatic rings. The van der Waals surface area contributed by atoms with Gasteiger partial charge in [-0.3, -0.25) is 4.57 Å². The van der Waals surface area contributed by atoms with Crippen molar-refractivity contribution in [1.82, 2.24) is 9.55 Å². The maximum Gasteiger partial charge on any atom is 0.137 e. The van der Waals surface area contributed by atoms with E-state index in [0.717, 1.165) is 50.2 Å². The first-order chi connectivity index (χ1) is 37.9. The van der Waals surface area contributed by atoms with Gasteiger partial charge in [0.05, 0.1) is 29.3 Å². The average molecular weight is 946 g/mol. The number of anilines is 4. The van der Waals surface area contributed by atoms with Crippen LogP contribution in [0.25, 0.3) is 38.8 Å². The topological polar surface area (TPSA) is 33.5 Å². The van der Waals surface area contributed by atoms with Gasteiger partial charge in [-0.25, -0.2) is 4.98 Å². The number of nitrogens with zero attached hydrogens (tertiary/aromatic N) is 4. The molecule has 2 aromatic heterocycles. The molecule has 0 saturated heterocycles. The first-order valence-corrected chi connectivity index (χ1v) is 25.4. The van der Waals surface area contributed by atoms with E-state index in [9.17, 15) is 0 Å². The summed E-state index contributed by atoms with van der Waals surface area (Å²) < 4.78 is 51.5. The van der Waals surface area contributed by atoms with E-state index >= 15 is 0 Å². The lowest BCUT2D eigenvalue weighted by molar-refractivity contribution is 0.483. The summed E-state index contributed by atoms with van der Waals surface area (Å²) in [5.41, 5.74) is 19.4. The minimum absolute atomic E-state index is 0.135. The summed E-state index contributed by atoms with van der Waals surface area (Å²) in [6.07, 6.45) is 1.84. The van der Waals surface area contributed by atoms with E-state index in [-0.39, 0.29) is 58.8 Å². The van der Waals surface area contributed by atoms with Gasteiger partial charge in [0.15, 0.2) is 0 Å². The zero-order chi connectivity index (χ0) is 52.9. The Morgan fingerprint density at radius 1 is 0.466 bits per heavy atom. The van der Waals surface area contributed by atoms with Crippen LogP contribution in [0.2, 0.25) is 0 Å². The Kier molecular flexibility index (Phi) is 8.10. The van der Waals surface area contributed by atoms with Crippen LogP contribution >= 0.6 is 0 Å². The third-order valence-corrected chi connectivity index (χ3v) is 16.2. The minimum atomic E-state index is -0.415. The second-order valence-electron chi connectivity index (χ2n) is 21.1. The largest absolute Gasteiger partial charge is 0.457 e. The van der Waals surface area contributed by atoms with Crippen molar-refractivity contribution in [1.29, 1.82) is 0 Å². The van der Waals surface area contributed by atoms with Crippen molar-refractivity contribution < 1.29 is 11.6 Å². The van der Waals surface area contributed by atoms with E-state index in [1.807, 2.05) is 54.7 Å². The predicted octanol–water partition coefficient (Wildman–Crippen LogP) is 17.1. The van der Waals surface area contributed by atoms with Gasteiger partial charge in [0.1, 0.15) is 24.0 Å². The van der Waals surface area contributed by atoms with Crippen LogP contribution < -0.4 is 14.5 Å². The Labute approximate surface area is 433 Å². The molecule has 0 amide bonds. The van der Waals surface area contributed by atoms with E-state index < -0.39 is 6.04 Å². The monoisotopic (exact) mass is 945 g/mol. The molecule has 73 heavy (non-hydrogen) atoms. The van der Waals surface area contributed by atoms with Gasteiger partial charge in [-0.05, 0) is 139 Å². The standard InChI is InChI=1S/C68H52N4O/c1-68(2,3)44-34-35-69-63(37-44)72-59-33-28-43(42-16-5-4-6-17-42)36-57(59)49-32-30-48(40-62(49)72)73-47-19-15-18-45(38-47)70-41-71(61-27-14-13-26-60(61)70)46-29-31-56-58(39-46)67-55-25-12-11-24-54(55)66(56)64-50-20-7-9-22-52(50)65(67)53-23-10-8-21-51(53)64/h4-40,64-67H,41H2,1-3H3/i4D,5D,6D,16D,17D. The number of ether oxygens (including phenoxy) is 1. The highest BCUT2D eigenvalue weighted by molar-refractivity contribution is 6.10. The van der Waals surface area contributed by atoms with Crippen molar-refractivity contribution >= 4 is 44.6 Å². The second-order valence-corrected chi connectivity index (χ2v) is 21.1. The summed E-state index contributed by atoms with van der Waals surface area (Å²) in [6.45, 7) is 7.16. The second kappa shape index (κ2) is 15.9. The van der Waals surface area contributed by atoms with Crippen LogP contribution in [0.15, 0.2) is 224 Å². The Morgan fingerprint density at radius 3 is 1.67 bits per heavy atom. The Bertz CT molecular complexity index is 4270. The quantitative estimate of drug-likeness (QED) is 0.166. The van der Waals surface area contributed by atoms with Crippen molar-refractivity contribution in [3.05, 3.63) is 275 Å². The van der Waals surface area contributed by atoms with E-state index in [2.05, 4.69) is 175 Å². The zero-order valence-corrected chi connectivity index (χ0v) is 40.7. The van der Waals surface area contributed by atoms with E-state index in [1.54, 1.807) is 0 Å². The van der Waals surface area contributed by atoms with Gasteiger partial charge < -0.3 is 14.5 Å². The van der Waals surface area contributed by atoms with Gasteiger partial charge in [-0.1, -0.05) is 154 Å². The maximum atomic E-state index is 8.77. The van der Waals surface area contributed by atoms with Crippen LogP contribution in [0.3, 0.4) is 0 Å². The summed E-state index contributed by atoms with van der Waals surface area (Å²) >= 11 is 0. The Morgan fingerprint density at radius 2 is 1.04 bits per heavy atom. The molecular weight excluding hydrogens is 889 g/mol. The van der Waals surface area contributed by atoms with Crippen LogP contribution in [-0.2, 0) is 5.41 Å².